The van der Waals surface area contributed by atoms with Crippen LogP contribution in [0.15, 0.2) is 52.1 Å². The minimum absolute atomic E-state index is 0. The number of anilines is 1. The molecule has 0 bridgehead atoms. The summed E-state index contributed by atoms with van der Waals surface area (Å²) in [4.78, 5) is 4.44. The highest BCUT2D eigenvalue weighted by molar-refractivity contribution is 14.0. The molecule has 0 unspecified atom stereocenters. The van der Waals surface area contributed by atoms with Gasteiger partial charge >= 0.3 is 0 Å². The molecule has 0 radical (unpaired) electrons. The molecule has 1 aromatic heterocycles. The van der Waals surface area contributed by atoms with Crippen molar-refractivity contribution in [3.8, 4) is 0 Å². The van der Waals surface area contributed by atoms with E-state index in [9.17, 15) is 0 Å². The fraction of sp³-hybridized carbons (Fsp3) is 0.154. The second-order valence-electron chi connectivity index (χ2n) is 3.54. The number of nitrogens with zero attached hydrogens (tertiary/aromatic N) is 1. The van der Waals surface area contributed by atoms with E-state index in [-0.39, 0.29) is 24.0 Å². The monoisotopic (exact) mass is 408 g/mol. The maximum Gasteiger partial charge on any atom is 0.161 e. The second-order valence-corrected chi connectivity index (χ2v) is 4.77. The summed E-state index contributed by atoms with van der Waals surface area (Å²) < 4.78 is 5.23. The lowest BCUT2D eigenvalue weighted by Crippen LogP contribution is -2.07. The van der Waals surface area contributed by atoms with Gasteiger partial charge in [-0.25, -0.2) is 0 Å². The van der Waals surface area contributed by atoms with Crippen molar-refractivity contribution in [1.82, 2.24) is 0 Å². The molecule has 0 saturated carbocycles. The molecule has 102 valence electrons. The van der Waals surface area contributed by atoms with Crippen molar-refractivity contribution >= 4 is 58.2 Å². The summed E-state index contributed by atoms with van der Waals surface area (Å²) in [6.45, 7) is 0.532. The number of benzene rings is 1. The molecule has 2 rings (SSSR count). The SMILES string of the molecule is CSC(=NCc1ccco1)Nc1ccc(Cl)cc1.I. The molecule has 0 aliphatic carbocycles. The Kier molecular flexibility index (Phi) is 7.33. The Bertz CT molecular complexity index is 514. The van der Waals surface area contributed by atoms with E-state index in [1.807, 2.05) is 42.7 Å². The predicted molar refractivity (Wildman–Crippen MR) is 93.9 cm³/mol. The van der Waals surface area contributed by atoms with Gasteiger partial charge in [-0.2, -0.15) is 0 Å². The van der Waals surface area contributed by atoms with Gasteiger partial charge in [0.15, 0.2) is 5.17 Å². The van der Waals surface area contributed by atoms with Crippen LogP contribution in [0.25, 0.3) is 0 Å². The Morgan fingerprint density at radius 2 is 2.05 bits per heavy atom. The summed E-state index contributed by atoms with van der Waals surface area (Å²) in [5.41, 5.74) is 0.965. The summed E-state index contributed by atoms with van der Waals surface area (Å²) in [5, 5.41) is 4.79. The van der Waals surface area contributed by atoms with Crippen LogP contribution in [-0.4, -0.2) is 11.4 Å². The number of hydrogen-bond donors (Lipinski definition) is 1. The first-order valence-electron chi connectivity index (χ1n) is 5.41. The van der Waals surface area contributed by atoms with Crippen molar-refractivity contribution in [1.29, 1.82) is 0 Å². The molecule has 6 heteroatoms. The molecule has 0 aliphatic rings. The first-order valence-corrected chi connectivity index (χ1v) is 7.01. The fourth-order valence-corrected chi connectivity index (χ4v) is 1.90. The number of amidine groups is 1. The Labute approximate surface area is 138 Å². The van der Waals surface area contributed by atoms with Crippen LogP contribution in [0.3, 0.4) is 0 Å². The number of hydrogen-bond acceptors (Lipinski definition) is 3. The Hall–Kier alpha value is -0.660. The van der Waals surface area contributed by atoms with Crippen LogP contribution >= 0.6 is 47.3 Å². The number of aliphatic imine (C=N–C) groups is 1. The molecule has 2 aromatic rings. The van der Waals surface area contributed by atoms with E-state index in [2.05, 4.69) is 10.3 Å². The van der Waals surface area contributed by atoms with E-state index >= 15 is 0 Å². The molecular formula is C13H14ClIN2OS. The first kappa shape index (κ1) is 16.4. The lowest BCUT2D eigenvalue weighted by Gasteiger charge is -2.07. The third kappa shape index (κ3) is 5.46. The number of nitrogens with one attached hydrogen (secondary N) is 1. The van der Waals surface area contributed by atoms with Gasteiger partial charge in [0.2, 0.25) is 0 Å². The average molecular weight is 409 g/mol. The maximum atomic E-state index is 5.84. The van der Waals surface area contributed by atoms with Crippen molar-refractivity contribution in [3.05, 3.63) is 53.4 Å². The standard InChI is InChI=1S/C13H13ClN2OS.HI/c1-18-13(15-9-12-3-2-8-17-12)16-11-6-4-10(14)5-7-11;/h2-8H,9H2,1H3,(H,15,16);1H. The van der Waals surface area contributed by atoms with E-state index < -0.39 is 0 Å². The highest BCUT2D eigenvalue weighted by atomic mass is 127. The Morgan fingerprint density at radius 1 is 1.32 bits per heavy atom. The molecule has 0 atom stereocenters. The van der Waals surface area contributed by atoms with Crippen molar-refractivity contribution in [2.45, 2.75) is 6.54 Å². The van der Waals surface area contributed by atoms with Gasteiger partial charge in [-0.05, 0) is 42.7 Å². The molecule has 0 fully saturated rings. The zero-order valence-corrected chi connectivity index (χ0v) is 14.2. The van der Waals surface area contributed by atoms with E-state index in [4.69, 9.17) is 16.0 Å². The summed E-state index contributed by atoms with van der Waals surface area (Å²) in [5.74, 6) is 0.847. The van der Waals surface area contributed by atoms with Crippen molar-refractivity contribution in [2.75, 3.05) is 11.6 Å². The van der Waals surface area contributed by atoms with Gasteiger partial charge < -0.3 is 9.73 Å². The van der Waals surface area contributed by atoms with Gasteiger partial charge in [0.05, 0.1) is 12.8 Å². The minimum atomic E-state index is 0. The van der Waals surface area contributed by atoms with Gasteiger partial charge in [-0.15, -0.1) is 24.0 Å². The molecular weight excluding hydrogens is 395 g/mol. The van der Waals surface area contributed by atoms with Gasteiger partial charge in [0, 0.05) is 10.7 Å². The number of furan rings is 1. The largest absolute Gasteiger partial charge is 0.467 e. The van der Waals surface area contributed by atoms with Gasteiger partial charge in [-0.3, -0.25) is 4.99 Å². The highest BCUT2D eigenvalue weighted by Crippen LogP contribution is 2.15. The third-order valence-corrected chi connectivity index (χ3v) is 3.12. The third-order valence-electron chi connectivity index (χ3n) is 2.25. The molecule has 3 nitrogen and oxygen atoms in total. The summed E-state index contributed by atoms with van der Waals surface area (Å²) in [6.07, 6.45) is 3.63. The van der Waals surface area contributed by atoms with E-state index in [0.29, 0.717) is 6.54 Å². The smallest absolute Gasteiger partial charge is 0.161 e. The number of halogens is 2. The van der Waals surface area contributed by atoms with Crippen LogP contribution < -0.4 is 5.32 Å². The van der Waals surface area contributed by atoms with E-state index in [0.717, 1.165) is 21.6 Å². The lowest BCUT2D eigenvalue weighted by atomic mass is 10.3. The van der Waals surface area contributed by atoms with Crippen LogP contribution in [0, 0.1) is 0 Å². The van der Waals surface area contributed by atoms with Crippen molar-refractivity contribution < 1.29 is 4.42 Å². The molecule has 1 N–H and O–H groups in total. The van der Waals surface area contributed by atoms with Crippen molar-refractivity contribution in [3.63, 3.8) is 0 Å². The van der Waals surface area contributed by atoms with E-state index in [1.165, 1.54) is 0 Å². The molecule has 19 heavy (non-hydrogen) atoms. The molecule has 1 heterocycles. The fourth-order valence-electron chi connectivity index (χ4n) is 1.36. The zero-order chi connectivity index (χ0) is 12.8. The predicted octanol–water partition coefficient (Wildman–Crippen LogP) is 4.88. The quantitative estimate of drug-likeness (QED) is 0.447. The first-order chi connectivity index (χ1) is 8.78. The average Bonchev–Trinajstić information content (AvgIpc) is 2.90. The van der Waals surface area contributed by atoms with Crippen LogP contribution in [0.5, 0.6) is 0 Å². The van der Waals surface area contributed by atoms with Gasteiger partial charge in [-0.1, -0.05) is 23.4 Å². The summed E-state index contributed by atoms with van der Waals surface area (Å²) >= 11 is 7.39. The number of thioether (sulfide) groups is 1. The van der Waals surface area contributed by atoms with Gasteiger partial charge in [0.1, 0.15) is 5.76 Å². The van der Waals surface area contributed by atoms with Crippen molar-refractivity contribution in [2.24, 2.45) is 4.99 Å². The zero-order valence-electron chi connectivity index (χ0n) is 10.3. The van der Waals surface area contributed by atoms with Crippen LogP contribution in [0.1, 0.15) is 5.76 Å². The van der Waals surface area contributed by atoms with E-state index in [1.54, 1.807) is 18.0 Å². The number of rotatable bonds is 3. The maximum absolute atomic E-state index is 5.84. The summed E-state index contributed by atoms with van der Waals surface area (Å²) in [7, 11) is 0. The molecule has 0 amide bonds. The van der Waals surface area contributed by atoms with Crippen LogP contribution in [0.4, 0.5) is 5.69 Å². The molecule has 0 spiro atoms. The topological polar surface area (TPSA) is 37.5 Å². The minimum Gasteiger partial charge on any atom is -0.467 e. The normalized spacial score (nSPS) is 10.9. The lowest BCUT2D eigenvalue weighted by molar-refractivity contribution is 0.513. The Balaban J connectivity index is 0.00000180. The van der Waals surface area contributed by atoms with Crippen LogP contribution in [-0.2, 0) is 6.54 Å². The highest BCUT2D eigenvalue weighted by Gasteiger charge is 2.00. The molecule has 1 aromatic carbocycles. The molecule has 0 saturated heterocycles. The van der Waals surface area contributed by atoms with Crippen LogP contribution in [0.2, 0.25) is 5.02 Å². The Morgan fingerprint density at radius 3 is 2.63 bits per heavy atom. The molecule has 0 aliphatic heterocycles. The second kappa shape index (κ2) is 8.50. The van der Waals surface area contributed by atoms with Gasteiger partial charge in [0.25, 0.3) is 0 Å². The summed E-state index contributed by atoms with van der Waals surface area (Å²) in [6, 6.07) is 11.3.